The molecule has 1 aliphatic carbocycles. The Kier molecular flexibility index (Phi) is 5.26. The molecule has 0 atom stereocenters. The predicted octanol–water partition coefficient (Wildman–Crippen LogP) is 2.29. The zero-order chi connectivity index (χ0) is 19.5. The van der Waals surface area contributed by atoms with Crippen molar-refractivity contribution >= 4 is 23.3 Å². The first kappa shape index (κ1) is 18.4. The SMILES string of the molecule is COCc1cc(C(=O)Nc2cc(OCOc3nscc3C3CC3)n[nH]2)n(C)n1. The maximum absolute atomic E-state index is 12.4. The Balaban J connectivity index is 1.30. The fourth-order valence-corrected chi connectivity index (χ4v) is 3.45. The van der Waals surface area contributed by atoms with Crippen molar-refractivity contribution in [1.29, 1.82) is 0 Å². The van der Waals surface area contributed by atoms with Crippen LogP contribution in [0.2, 0.25) is 0 Å². The van der Waals surface area contributed by atoms with Gasteiger partial charge in [-0.2, -0.15) is 9.47 Å². The number of aromatic nitrogens is 5. The molecule has 10 nitrogen and oxygen atoms in total. The van der Waals surface area contributed by atoms with Gasteiger partial charge in [-0.05, 0) is 36.4 Å². The van der Waals surface area contributed by atoms with E-state index in [0.717, 1.165) is 5.56 Å². The third-order valence-corrected chi connectivity index (χ3v) is 4.87. The Morgan fingerprint density at radius 1 is 1.39 bits per heavy atom. The zero-order valence-corrected chi connectivity index (χ0v) is 16.3. The van der Waals surface area contributed by atoms with Crippen molar-refractivity contribution in [3.63, 3.8) is 0 Å². The number of nitrogens with one attached hydrogen (secondary N) is 2. The summed E-state index contributed by atoms with van der Waals surface area (Å²) in [5.41, 5.74) is 2.23. The van der Waals surface area contributed by atoms with Gasteiger partial charge in [-0.25, -0.2) is 0 Å². The van der Waals surface area contributed by atoms with Crippen LogP contribution in [0.5, 0.6) is 11.8 Å². The zero-order valence-electron chi connectivity index (χ0n) is 15.5. The summed E-state index contributed by atoms with van der Waals surface area (Å²) < 4.78 is 21.8. The monoisotopic (exact) mass is 404 g/mol. The van der Waals surface area contributed by atoms with E-state index in [2.05, 4.69) is 25.0 Å². The molecule has 3 aromatic heterocycles. The van der Waals surface area contributed by atoms with Crippen molar-refractivity contribution < 1.29 is 19.0 Å². The lowest BCUT2D eigenvalue weighted by Crippen LogP contribution is -2.16. The molecule has 4 rings (SSSR count). The molecule has 1 fully saturated rings. The minimum absolute atomic E-state index is 0.0101. The smallest absolute Gasteiger partial charge is 0.275 e. The van der Waals surface area contributed by atoms with Crippen LogP contribution in [0.15, 0.2) is 17.5 Å². The molecule has 28 heavy (non-hydrogen) atoms. The van der Waals surface area contributed by atoms with Gasteiger partial charge in [0, 0.05) is 31.2 Å². The van der Waals surface area contributed by atoms with Crippen LogP contribution in [0.25, 0.3) is 0 Å². The summed E-state index contributed by atoms with van der Waals surface area (Å²) >= 11 is 1.38. The van der Waals surface area contributed by atoms with E-state index in [1.165, 1.54) is 29.1 Å². The Morgan fingerprint density at radius 3 is 3.04 bits per heavy atom. The van der Waals surface area contributed by atoms with E-state index in [-0.39, 0.29) is 12.7 Å². The van der Waals surface area contributed by atoms with Gasteiger partial charge < -0.3 is 19.5 Å². The van der Waals surface area contributed by atoms with Crippen molar-refractivity contribution in [1.82, 2.24) is 24.4 Å². The third kappa shape index (κ3) is 4.15. The molecule has 1 amide bonds. The average Bonchev–Trinajstić information content (AvgIpc) is 3.06. The van der Waals surface area contributed by atoms with E-state index in [1.54, 1.807) is 26.3 Å². The number of aryl methyl sites for hydroxylation is 1. The third-order valence-electron chi connectivity index (χ3n) is 4.24. The number of carbonyl (C=O) groups is 1. The summed E-state index contributed by atoms with van der Waals surface area (Å²) in [6.07, 6.45) is 2.36. The second-order valence-corrected chi connectivity index (χ2v) is 7.04. The summed E-state index contributed by atoms with van der Waals surface area (Å²) in [7, 11) is 3.27. The number of anilines is 1. The van der Waals surface area contributed by atoms with Crippen LogP contribution < -0.4 is 14.8 Å². The molecule has 148 valence electrons. The maximum Gasteiger partial charge on any atom is 0.275 e. The van der Waals surface area contributed by atoms with Crippen molar-refractivity contribution in [2.24, 2.45) is 7.05 Å². The van der Waals surface area contributed by atoms with E-state index in [9.17, 15) is 4.79 Å². The number of H-pyrrole nitrogens is 1. The molecule has 3 heterocycles. The van der Waals surface area contributed by atoms with Gasteiger partial charge in [0.2, 0.25) is 18.6 Å². The number of rotatable bonds is 9. The second-order valence-electron chi connectivity index (χ2n) is 6.41. The Bertz CT molecular complexity index is 961. The van der Waals surface area contributed by atoms with Crippen molar-refractivity contribution in [3.8, 4) is 11.8 Å². The first-order valence-electron chi connectivity index (χ1n) is 8.72. The number of aromatic amines is 1. The summed E-state index contributed by atoms with van der Waals surface area (Å²) in [5, 5.41) is 15.7. The Labute approximate surface area is 165 Å². The standard InChI is InChI=1S/C17H20N6O4S/c1-23-13(5-11(21-23)7-25-2)16(24)18-14-6-15(20-19-14)26-9-27-17-12(8-28-22-17)10-3-4-10/h5-6,8,10H,3-4,7,9H2,1-2H3,(H2,18,19,20,24). The largest absolute Gasteiger partial charge is 0.439 e. The van der Waals surface area contributed by atoms with Crippen LogP contribution in [0.3, 0.4) is 0 Å². The molecule has 0 aliphatic heterocycles. The summed E-state index contributed by atoms with van der Waals surface area (Å²) in [4.78, 5) is 12.4. The molecular weight excluding hydrogens is 384 g/mol. The molecule has 11 heteroatoms. The van der Waals surface area contributed by atoms with Gasteiger partial charge in [0.1, 0.15) is 11.5 Å². The van der Waals surface area contributed by atoms with Gasteiger partial charge in [-0.15, -0.1) is 5.10 Å². The van der Waals surface area contributed by atoms with E-state index >= 15 is 0 Å². The molecule has 1 saturated carbocycles. The van der Waals surface area contributed by atoms with E-state index in [4.69, 9.17) is 14.2 Å². The first-order chi connectivity index (χ1) is 13.6. The van der Waals surface area contributed by atoms with Gasteiger partial charge in [0.25, 0.3) is 5.91 Å². The normalized spacial score (nSPS) is 13.5. The summed E-state index contributed by atoms with van der Waals surface area (Å²) in [6, 6.07) is 3.25. The summed E-state index contributed by atoms with van der Waals surface area (Å²) in [6.45, 7) is 0.328. The highest BCUT2D eigenvalue weighted by molar-refractivity contribution is 7.03. The Hall–Kier alpha value is -2.92. The maximum atomic E-state index is 12.4. The first-order valence-corrected chi connectivity index (χ1v) is 9.56. The quantitative estimate of drug-likeness (QED) is 0.526. The van der Waals surface area contributed by atoms with Crippen LogP contribution in [0, 0.1) is 0 Å². The van der Waals surface area contributed by atoms with E-state index in [1.807, 2.05) is 5.38 Å². The van der Waals surface area contributed by atoms with Crippen LogP contribution >= 0.6 is 11.5 Å². The lowest BCUT2D eigenvalue weighted by Gasteiger charge is -2.05. The minimum Gasteiger partial charge on any atom is -0.439 e. The fourth-order valence-electron chi connectivity index (χ4n) is 2.74. The second kappa shape index (κ2) is 7.98. The number of carbonyl (C=O) groups excluding carboxylic acids is 1. The van der Waals surface area contributed by atoms with E-state index in [0.29, 0.717) is 41.5 Å². The number of methoxy groups -OCH3 is 1. The van der Waals surface area contributed by atoms with Crippen molar-refractivity contribution in [3.05, 3.63) is 34.5 Å². The topological polar surface area (TPSA) is 116 Å². The van der Waals surface area contributed by atoms with Gasteiger partial charge in [-0.3, -0.25) is 14.6 Å². The van der Waals surface area contributed by atoms with Gasteiger partial charge in [0.15, 0.2) is 0 Å². The van der Waals surface area contributed by atoms with Gasteiger partial charge >= 0.3 is 0 Å². The highest BCUT2D eigenvalue weighted by atomic mass is 32.1. The number of hydrogen-bond acceptors (Lipinski definition) is 8. The van der Waals surface area contributed by atoms with Crippen LogP contribution in [-0.2, 0) is 18.4 Å². The highest BCUT2D eigenvalue weighted by Crippen LogP contribution is 2.44. The highest BCUT2D eigenvalue weighted by Gasteiger charge is 2.28. The van der Waals surface area contributed by atoms with Crippen LogP contribution in [0.4, 0.5) is 5.82 Å². The number of hydrogen-bond donors (Lipinski definition) is 2. The van der Waals surface area contributed by atoms with Gasteiger partial charge in [0.05, 0.1) is 12.3 Å². The fraction of sp³-hybridized carbons (Fsp3) is 0.412. The van der Waals surface area contributed by atoms with E-state index < -0.39 is 0 Å². The molecule has 0 radical (unpaired) electrons. The lowest BCUT2D eigenvalue weighted by atomic mass is 10.2. The average molecular weight is 404 g/mol. The predicted molar refractivity (Wildman–Crippen MR) is 101 cm³/mol. The van der Waals surface area contributed by atoms with Crippen LogP contribution in [-0.4, -0.2) is 44.2 Å². The molecule has 1 aliphatic rings. The molecular formula is C17H20N6O4S. The van der Waals surface area contributed by atoms with Crippen molar-refractivity contribution in [2.45, 2.75) is 25.4 Å². The molecule has 3 aromatic rings. The molecule has 2 N–H and O–H groups in total. The molecule has 0 spiro atoms. The lowest BCUT2D eigenvalue weighted by molar-refractivity contribution is 0.101. The Morgan fingerprint density at radius 2 is 2.25 bits per heavy atom. The van der Waals surface area contributed by atoms with Gasteiger partial charge in [-0.1, -0.05) is 0 Å². The summed E-state index contributed by atoms with van der Waals surface area (Å²) in [5.74, 6) is 1.59. The number of nitrogens with zero attached hydrogens (tertiary/aromatic N) is 4. The number of ether oxygens (including phenoxy) is 3. The molecule has 0 unspecified atom stereocenters. The minimum atomic E-state index is -0.319. The molecule has 0 saturated heterocycles. The number of amides is 1. The molecule has 0 aromatic carbocycles. The molecule has 0 bridgehead atoms. The van der Waals surface area contributed by atoms with Crippen LogP contribution in [0.1, 0.15) is 40.5 Å². The van der Waals surface area contributed by atoms with Crippen molar-refractivity contribution in [2.75, 3.05) is 19.2 Å².